The Morgan fingerprint density at radius 1 is 1.00 bits per heavy atom. The maximum atomic E-state index is 7.70. The Bertz CT molecular complexity index is 523. The first-order valence-corrected chi connectivity index (χ1v) is 5.70. The van der Waals surface area contributed by atoms with Crippen molar-refractivity contribution in [2.75, 3.05) is 7.11 Å². The van der Waals surface area contributed by atoms with Gasteiger partial charge >= 0.3 is 0 Å². The van der Waals surface area contributed by atoms with Crippen LogP contribution in [0.3, 0.4) is 0 Å². The summed E-state index contributed by atoms with van der Waals surface area (Å²) in [6.45, 7) is 0.481. The van der Waals surface area contributed by atoms with Crippen molar-refractivity contribution in [3.05, 3.63) is 65.7 Å². The molecule has 2 aromatic rings. The Morgan fingerprint density at radius 3 is 2.39 bits per heavy atom. The van der Waals surface area contributed by atoms with Crippen LogP contribution in [0.25, 0.3) is 0 Å². The molecule has 0 aliphatic carbocycles. The fraction of sp³-hybridized carbons (Fsp3) is 0.133. The predicted octanol–water partition coefficient (Wildman–Crippen LogP) is 3.24. The van der Waals surface area contributed by atoms with Gasteiger partial charge in [0.15, 0.2) is 0 Å². The highest BCUT2D eigenvalue weighted by molar-refractivity contribution is 5.94. The van der Waals surface area contributed by atoms with Gasteiger partial charge in [-0.15, -0.1) is 0 Å². The van der Waals surface area contributed by atoms with E-state index in [1.54, 1.807) is 0 Å². The van der Waals surface area contributed by atoms with Gasteiger partial charge in [-0.05, 0) is 17.7 Å². The van der Waals surface area contributed by atoms with Gasteiger partial charge < -0.3 is 9.47 Å². The van der Waals surface area contributed by atoms with E-state index in [4.69, 9.17) is 14.9 Å². The summed E-state index contributed by atoms with van der Waals surface area (Å²) in [7, 11) is 1.48. The maximum Gasteiger partial charge on any atom is 0.216 e. The fourth-order valence-corrected chi connectivity index (χ4v) is 1.63. The monoisotopic (exact) mass is 241 g/mol. The molecule has 2 rings (SSSR count). The molecule has 0 radical (unpaired) electrons. The lowest BCUT2D eigenvalue weighted by Gasteiger charge is -2.11. The van der Waals surface area contributed by atoms with Gasteiger partial charge in [-0.3, -0.25) is 5.41 Å². The Kier molecular flexibility index (Phi) is 3.97. The number of rotatable bonds is 4. The number of methoxy groups -OCH3 is 1. The highest BCUT2D eigenvalue weighted by Crippen LogP contribution is 2.20. The van der Waals surface area contributed by atoms with Crippen LogP contribution in [0.4, 0.5) is 0 Å². The summed E-state index contributed by atoms with van der Waals surface area (Å²) in [6.07, 6.45) is 0. The molecule has 92 valence electrons. The third-order valence-electron chi connectivity index (χ3n) is 2.57. The molecular weight excluding hydrogens is 226 g/mol. The van der Waals surface area contributed by atoms with E-state index < -0.39 is 0 Å². The van der Waals surface area contributed by atoms with Crippen LogP contribution in [-0.4, -0.2) is 13.0 Å². The zero-order valence-electron chi connectivity index (χ0n) is 10.2. The predicted molar refractivity (Wildman–Crippen MR) is 71.1 cm³/mol. The lowest BCUT2D eigenvalue weighted by molar-refractivity contribution is 0.303. The van der Waals surface area contributed by atoms with Crippen molar-refractivity contribution in [3.63, 3.8) is 0 Å². The van der Waals surface area contributed by atoms with E-state index in [2.05, 4.69) is 0 Å². The molecule has 0 aliphatic rings. The van der Waals surface area contributed by atoms with Crippen molar-refractivity contribution in [2.45, 2.75) is 6.61 Å². The zero-order valence-corrected chi connectivity index (χ0v) is 10.2. The molecule has 0 spiro atoms. The molecule has 0 saturated carbocycles. The first-order chi connectivity index (χ1) is 8.81. The molecule has 0 aromatic heterocycles. The minimum absolute atomic E-state index is 0.110. The second-order valence-electron chi connectivity index (χ2n) is 3.80. The zero-order chi connectivity index (χ0) is 12.8. The van der Waals surface area contributed by atoms with Crippen molar-refractivity contribution >= 4 is 5.90 Å². The normalized spacial score (nSPS) is 9.83. The van der Waals surface area contributed by atoms with Gasteiger partial charge in [0.05, 0.1) is 12.7 Å². The molecule has 3 nitrogen and oxygen atoms in total. The molecule has 0 atom stereocenters. The maximum absolute atomic E-state index is 7.70. The molecular formula is C15H15NO2. The van der Waals surface area contributed by atoms with Gasteiger partial charge in [-0.2, -0.15) is 0 Å². The third kappa shape index (κ3) is 2.88. The van der Waals surface area contributed by atoms with E-state index in [1.165, 1.54) is 7.11 Å². The number of benzene rings is 2. The fourth-order valence-electron chi connectivity index (χ4n) is 1.63. The van der Waals surface area contributed by atoms with Crippen molar-refractivity contribution < 1.29 is 9.47 Å². The lowest BCUT2D eigenvalue weighted by atomic mass is 10.2. The Hall–Kier alpha value is -2.29. The van der Waals surface area contributed by atoms with Gasteiger partial charge in [0.2, 0.25) is 5.90 Å². The van der Waals surface area contributed by atoms with Gasteiger partial charge in [-0.1, -0.05) is 42.5 Å². The average molecular weight is 241 g/mol. The number of para-hydroxylation sites is 1. The van der Waals surface area contributed by atoms with Crippen LogP contribution >= 0.6 is 0 Å². The Balaban J connectivity index is 2.12. The summed E-state index contributed by atoms with van der Waals surface area (Å²) in [5.41, 5.74) is 1.76. The lowest BCUT2D eigenvalue weighted by Crippen LogP contribution is -2.05. The van der Waals surface area contributed by atoms with Gasteiger partial charge in [0.1, 0.15) is 12.4 Å². The SMILES string of the molecule is COC(=N)c1ccccc1OCc1ccccc1. The van der Waals surface area contributed by atoms with Crippen LogP contribution in [0, 0.1) is 5.41 Å². The van der Waals surface area contributed by atoms with Crippen molar-refractivity contribution in [2.24, 2.45) is 0 Å². The number of hydrogen-bond acceptors (Lipinski definition) is 3. The van der Waals surface area contributed by atoms with E-state index in [1.807, 2.05) is 54.6 Å². The molecule has 0 saturated heterocycles. The molecule has 1 N–H and O–H groups in total. The standard InChI is InChI=1S/C15H15NO2/c1-17-15(16)13-9-5-6-10-14(13)18-11-12-7-3-2-4-8-12/h2-10,16H,11H2,1H3. The molecule has 2 aromatic carbocycles. The van der Waals surface area contributed by atoms with Crippen LogP contribution in [0.2, 0.25) is 0 Å². The summed E-state index contributed by atoms with van der Waals surface area (Å²) in [5.74, 6) is 0.770. The first-order valence-electron chi connectivity index (χ1n) is 5.70. The summed E-state index contributed by atoms with van der Waals surface area (Å²) in [4.78, 5) is 0. The van der Waals surface area contributed by atoms with Crippen molar-refractivity contribution in [1.82, 2.24) is 0 Å². The van der Waals surface area contributed by atoms with Gasteiger partial charge in [0, 0.05) is 0 Å². The number of nitrogens with one attached hydrogen (secondary N) is 1. The quantitative estimate of drug-likeness (QED) is 0.659. The van der Waals surface area contributed by atoms with Gasteiger partial charge in [0.25, 0.3) is 0 Å². The molecule has 0 heterocycles. The topological polar surface area (TPSA) is 42.3 Å². The smallest absolute Gasteiger partial charge is 0.216 e. The molecule has 3 heteroatoms. The average Bonchev–Trinajstić information content (AvgIpc) is 2.45. The summed E-state index contributed by atoms with van der Waals surface area (Å²) < 4.78 is 10.7. The minimum Gasteiger partial charge on any atom is -0.488 e. The van der Waals surface area contributed by atoms with Crippen LogP contribution < -0.4 is 4.74 Å². The molecule has 0 unspecified atom stereocenters. The minimum atomic E-state index is 0.110. The molecule has 18 heavy (non-hydrogen) atoms. The van der Waals surface area contributed by atoms with Crippen LogP contribution in [-0.2, 0) is 11.3 Å². The summed E-state index contributed by atoms with van der Waals surface area (Å²) in [6, 6.07) is 17.3. The highest BCUT2D eigenvalue weighted by Gasteiger charge is 2.08. The van der Waals surface area contributed by atoms with Crippen molar-refractivity contribution in [1.29, 1.82) is 5.41 Å². The largest absolute Gasteiger partial charge is 0.488 e. The Morgan fingerprint density at radius 2 is 1.67 bits per heavy atom. The molecule has 0 bridgehead atoms. The van der Waals surface area contributed by atoms with Gasteiger partial charge in [-0.25, -0.2) is 0 Å². The highest BCUT2D eigenvalue weighted by atomic mass is 16.5. The number of ether oxygens (including phenoxy) is 2. The second-order valence-corrected chi connectivity index (χ2v) is 3.80. The molecule has 0 aliphatic heterocycles. The molecule has 0 fully saturated rings. The molecule has 0 amide bonds. The van der Waals surface area contributed by atoms with Crippen LogP contribution in [0.5, 0.6) is 5.75 Å². The van der Waals surface area contributed by atoms with E-state index >= 15 is 0 Å². The van der Waals surface area contributed by atoms with E-state index in [9.17, 15) is 0 Å². The third-order valence-corrected chi connectivity index (χ3v) is 2.57. The van der Waals surface area contributed by atoms with Crippen LogP contribution in [0.15, 0.2) is 54.6 Å². The summed E-state index contributed by atoms with van der Waals surface area (Å²) >= 11 is 0. The summed E-state index contributed by atoms with van der Waals surface area (Å²) in [5, 5.41) is 7.70. The van der Waals surface area contributed by atoms with E-state index in [0.717, 1.165) is 5.56 Å². The number of hydrogen-bond donors (Lipinski definition) is 1. The van der Waals surface area contributed by atoms with E-state index in [-0.39, 0.29) is 5.90 Å². The Labute approximate surface area is 106 Å². The van der Waals surface area contributed by atoms with Crippen molar-refractivity contribution in [3.8, 4) is 5.75 Å². The van der Waals surface area contributed by atoms with Crippen LogP contribution in [0.1, 0.15) is 11.1 Å². The second kappa shape index (κ2) is 5.87. The van der Waals surface area contributed by atoms with E-state index in [0.29, 0.717) is 17.9 Å². The first kappa shape index (κ1) is 12.2.